The van der Waals surface area contributed by atoms with Gasteiger partial charge in [0.05, 0.1) is 27.4 Å². The zero-order valence-electron chi connectivity index (χ0n) is 18.2. The average molecular weight is 504 g/mol. The van der Waals surface area contributed by atoms with Crippen LogP contribution < -0.4 is 4.90 Å². The molecule has 0 saturated carbocycles. The molecule has 7 nitrogen and oxygen atoms in total. The van der Waals surface area contributed by atoms with Crippen LogP contribution in [0.5, 0.6) is 0 Å². The maximum absolute atomic E-state index is 13.5. The molecule has 0 aliphatic rings. The third-order valence-corrected chi connectivity index (χ3v) is 8.63. The second kappa shape index (κ2) is 9.26. The van der Waals surface area contributed by atoms with E-state index in [9.17, 15) is 13.2 Å². The Bertz CT molecular complexity index is 1380. The average Bonchev–Trinajstić information content (AvgIpc) is 3.47. The summed E-state index contributed by atoms with van der Waals surface area (Å²) in [4.78, 5) is 19.7. The second-order valence-electron chi connectivity index (χ2n) is 7.69. The smallest absolute Gasteiger partial charge is 0.260 e. The summed E-state index contributed by atoms with van der Waals surface area (Å²) in [6.07, 6.45) is 1.54. The maximum Gasteiger partial charge on any atom is 0.260 e. The Morgan fingerprint density at radius 3 is 2.45 bits per heavy atom. The molecule has 0 saturated heterocycles. The molecule has 2 aromatic carbocycles. The van der Waals surface area contributed by atoms with Gasteiger partial charge in [0, 0.05) is 18.7 Å². The molecule has 0 aliphatic carbocycles. The van der Waals surface area contributed by atoms with E-state index in [1.807, 2.05) is 12.1 Å². The summed E-state index contributed by atoms with van der Waals surface area (Å²) in [5, 5.41) is 0.972. The summed E-state index contributed by atoms with van der Waals surface area (Å²) in [7, 11) is -2.12. The van der Waals surface area contributed by atoms with Crippen molar-refractivity contribution in [3.8, 4) is 0 Å². The van der Waals surface area contributed by atoms with Gasteiger partial charge in [0.2, 0.25) is 10.0 Å². The third kappa shape index (κ3) is 4.67. The highest BCUT2D eigenvalue weighted by atomic mass is 35.5. The largest absolute Gasteiger partial charge is 0.467 e. The number of halogens is 1. The van der Waals surface area contributed by atoms with Crippen molar-refractivity contribution in [2.45, 2.75) is 31.3 Å². The molecule has 4 rings (SSSR count). The molecule has 0 atom stereocenters. The normalized spacial score (nSPS) is 12.1. The number of furan rings is 1. The van der Waals surface area contributed by atoms with Crippen LogP contribution in [0, 0.1) is 0 Å². The molecule has 0 aliphatic heterocycles. The fourth-order valence-electron chi connectivity index (χ4n) is 3.17. The van der Waals surface area contributed by atoms with Crippen molar-refractivity contribution >= 4 is 54.2 Å². The Morgan fingerprint density at radius 1 is 1.12 bits per heavy atom. The topological polar surface area (TPSA) is 83.7 Å². The van der Waals surface area contributed by atoms with E-state index in [0.29, 0.717) is 27.0 Å². The van der Waals surface area contributed by atoms with Gasteiger partial charge in [-0.1, -0.05) is 29.0 Å². The highest BCUT2D eigenvalue weighted by molar-refractivity contribution is 7.89. The number of carbonyl (C=O) groups is 1. The van der Waals surface area contributed by atoms with Gasteiger partial charge >= 0.3 is 0 Å². The lowest BCUT2D eigenvalue weighted by molar-refractivity contribution is 0.0983. The van der Waals surface area contributed by atoms with Gasteiger partial charge in [-0.05, 0) is 62.4 Å². The number of fused-ring (bicyclic) bond motifs is 1. The number of sulfonamides is 1. The molecule has 172 valence electrons. The molecular formula is C23H22ClN3O4S2. The summed E-state index contributed by atoms with van der Waals surface area (Å²) >= 11 is 7.63. The summed E-state index contributed by atoms with van der Waals surface area (Å²) in [6.45, 7) is 3.76. The third-order valence-electron chi connectivity index (χ3n) is 5.23. The molecular weight excluding hydrogens is 482 g/mol. The first-order valence-corrected chi connectivity index (χ1v) is 12.8. The minimum atomic E-state index is -3.65. The Kier molecular flexibility index (Phi) is 6.58. The van der Waals surface area contributed by atoms with E-state index in [1.54, 1.807) is 32.0 Å². The lowest BCUT2D eigenvalue weighted by atomic mass is 10.2. The fourth-order valence-corrected chi connectivity index (χ4v) is 5.80. The zero-order valence-corrected chi connectivity index (χ0v) is 20.6. The van der Waals surface area contributed by atoms with E-state index in [0.717, 1.165) is 4.70 Å². The predicted molar refractivity (Wildman–Crippen MR) is 130 cm³/mol. The SMILES string of the molecule is CC(C)N(C)S(=O)(=O)c1ccc(C(=O)N(Cc2ccco2)c2nc3c(Cl)cccc3s2)cc1. The van der Waals surface area contributed by atoms with E-state index in [4.69, 9.17) is 16.0 Å². The van der Waals surface area contributed by atoms with Gasteiger partial charge in [-0.15, -0.1) is 0 Å². The quantitative estimate of drug-likeness (QED) is 0.336. The Balaban J connectivity index is 1.70. The van der Waals surface area contributed by atoms with E-state index in [2.05, 4.69) is 4.98 Å². The molecule has 0 spiro atoms. The van der Waals surface area contributed by atoms with Gasteiger partial charge in [-0.3, -0.25) is 9.69 Å². The molecule has 1 amide bonds. The summed E-state index contributed by atoms with van der Waals surface area (Å²) in [5.74, 6) is 0.259. The number of rotatable bonds is 7. The van der Waals surface area contributed by atoms with Crippen LogP contribution in [-0.4, -0.2) is 36.7 Å². The van der Waals surface area contributed by atoms with Crippen molar-refractivity contribution < 1.29 is 17.6 Å². The molecule has 0 unspecified atom stereocenters. The van der Waals surface area contributed by atoms with Gasteiger partial charge in [-0.25, -0.2) is 13.4 Å². The lowest BCUT2D eigenvalue weighted by Crippen LogP contribution is -2.33. The number of nitrogens with zero attached hydrogens (tertiary/aromatic N) is 3. The van der Waals surface area contributed by atoms with E-state index in [1.165, 1.54) is 58.1 Å². The lowest BCUT2D eigenvalue weighted by Gasteiger charge is -2.21. The highest BCUT2D eigenvalue weighted by Crippen LogP contribution is 2.34. The van der Waals surface area contributed by atoms with Crippen LogP contribution >= 0.6 is 22.9 Å². The number of anilines is 1. The van der Waals surface area contributed by atoms with E-state index in [-0.39, 0.29) is 23.4 Å². The number of amides is 1. The van der Waals surface area contributed by atoms with Crippen LogP contribution in [0.4, 0.5) is 5.13 Å². The van der Waals surface area contributed by atoms with Crippen molar-refractivity contribution in [1.29, 1.82) is 0 Å². The number of hydrogen-bond donors (Lipinski definition) is 0. The first-order valence-electron chi connectivity index (χ1n) is 10.2. The summed E-state index contributed by atoms with van der Waals surface area (Å²) < 4.78 is 33.1. The Labute approximate surface area is 201 Å². The molecule has 2 heterocycles. The van der Waals surface area contributed by atoms with E-state index < -0.39 is 10.0 Å². The van der Waals surface area contributed by atoms with Crippen LogP contribution in [0.3, 0.4) is 0 Å². The van der Waals surface area contributed by atoms with Crippen LogP contribution in [0.1, 0.15) is 30.0 Å². The fraction of sp³-hybridized carbons (Fsp3) is 0.217. The second-order valence-corrected chi connectivity index (χ2v) is 11.1. The molecule has 2 aromatic heterocycles. The number of carbonyl (C=O) groups excluding carboxylic acids is 1. The molecule has 0 fully saturated rings. The van der Waals surface area contributed by atoms with Gasteiger partial charge in [0.15, 0.2) is 5.13 Å². The van der Waals surface area contributed by atoms with Gasteiger partial charge in [-0.2, -0.15) is 4.31 Å². The minimum Gasteiger partial charge on any atom is -0.467 e. The number of thiazole rings is 1. The van der Waals surface area contributed by atoms with Gasteiger partial charge < -0.3 is 4.42 Å². The van der Waals surface area contributed by atoms with Crippen molar-refractivity contribution in [2.75, 3.05) is 11.9 Å². The molecule has 0 radical (unpaired) electrons. The van der Waals surface area contributed by atoms with Crippen LogP contribution in [0.2, 0.25) is 5.02 Å². The summed E-state index contributed by atoms with van der Waals surface area (Å²) in [6, 6.07) is 14.7. The van der Waals surface area contributed by atoms with E-state index >= 15 is 0 Å². The molecule has 4 aromatic rings. The number of benzene rings is 2. The van der Waals surface area contributed by atoms with Crippen molar-refractivity contribution in [2.24, 2.45) is 0 Å². The van der Waals surface area contributed by atoms with Crippen LogP contribution in [-0.2, 0) is 16.6 Å². The standard InChI is InChI=1S/C23H22ClN3O4S2/c1-15(2)26(3)33(29,30)18-11-9-16(10-12-18)22(28)27(14-17-6-5-13-31-17)23-25-21-19(24)7-4-8-20(21)32-23/h4-13,15H,14H2,1-3H3. The highest BCUT2D eigenvalue weighted by Gasteiger charge is 2.26. The van der Waals surface area contributed by atoms with Gasteiger partial charge in [0.25, 0.3) is 5.91 Å². The minimum absolute atomic E-state index is 0.125. The number of aromatic nitrogens is 1. The van der Waals surface area contributed by atoms with Crippen LogP contribution in [0.15, 0.2) is 70.2 Å². The number of hydrogen-bond acceptors (Lipinski definition) is 6. The zero-order chi connectivity index (χ0) is 23.8. The molecule has 33 heavy (non-hydrogen) atoms. The van der Waals surface area contributed by atoms with Crippen LogP contribution in [0.25, 0.3) is 10.2 Å². The van der Waals surface area contributed by atoms with Crippen molar-refractivity contribution in [1.82, 2.24) is 9.29 Å². The maximum atomic E-state index is 13.5. The monoisotopic (exact) mass is 503 g/mol. The first kappa shape index (κ1) is 23.4. The molecule has 10 heteroatoms. The van der Waals surface area contributed by atoms with Crippen molar-refractivity contribution in [3.05, 3.63) is 77.2 Å². The summed E-state index contributed by atoms with van der Waals surface area (Å²) in [5.41, 5.74) is 0.952. The Hall–Kier alpha value is -2.72. The van der Waals surface area contributed by atoms with Gasteiger partial charge in [0.1, 0.15) is 11.3 Å². The molecule has 0 N–H and O–H groups in total. The van der Waals surface area contributed by atoms with Crippen molar-refractivity contribution in [3.63, 3.8) is 0 Å². The first-order chi connectivity index (χ1) is 15.7. The molecule has 0 bridgehead atoms. The Morgan fingerprint density at radius 2 is 1.85 bits per heavy atom. The predicted octanol–water partition coefficient (Wildman–Crippen LogP) is 5.42. The number of para-hydroxylation sites is 1.